The van der Waals surface area contributed by atoms with Gasteiger partial charge in [0, 0.05) is 0 Å². The summed E-state index contributed by atoms with van der Waals surface area (Å²) in [6.45, 7) is 0. The zero-order valence-corrected chi connectivity index (χ0v) is 41.1. The van der Waals surface area contributed by atoms with Gasteiger partial charge in [-0.3, -0.25) is 0 Å². The van der Waals surface area contributed by atoms with E-state index in [1.165, 1.54) is 44.5 Å². The van der Waals surface area contributed by atoms with Crippen LogP contribution in [0.15, 0.2) is 225 Å². The van der Waals surface area contributed by atoms with Crippen molar-refractivity contribution in [3.63, 3.8) is 0 Å². The predicted octanol–water partition coefficient (Wildman–Crippen LogP) is 13.8. The molecule has 0 saturated heterocycles. The van der Waals surface area contributed by atoms with Gasteiger partial charge in [0.2, 0.25) is 0 Å². The SMILES string of the molecule is C1=CC[C]([Hf](=[C](c2ccccc2)c2ccccc2)[CH]2C=Cc3ccccc32)=C1.C1=CC[C]([Hf](=[C](c2ccccc2)c2ccccc2)[CH]2C=Cc3ccccc32)=C1.Cl.Cl. The molecule has 0 N–H and O–H groups in total. The molecule has 284 valence electrons. The van der Waals surface area contributed by atoms with Gasteiger partial charge in [0.25, 0.3) is 0 Å². The minimum absolute atomic E-state index is 0. The molecule has 0 amide bonds. The fourth-order valence-corrected chi connectivity index (χ4v) is 33.6. The first kappa shape index (κ1) is 42.0. The fourth-order valence-electron chi connectivity index (χ4n) is 8.70. The second-order valence-electron chi connectivity index (χ2n) is 14.6. The van der Waals surface area contributed by atoms with Gasteiger partial charge in [0.05, 0.1) is 0 Å². The summed E-state index contributed by atoms with van der Waals surface area (Å²) in [5.74, 6) is 0. The molecular weight excluding hydrogens is 1080 g/mol. The Balaban J connectivity index is 0.000000171. The third-order valence-corrected chi connectivity index (χ3v) is 35.0. The first-order valence-corrected chi connectivity index (χ1v) is 31.1. The van der Waals surface area contributed by atoms with Crippen LogP contribution in [-0.4, -0.2) is 6.51 Å². The summed E-state index contributed by atoms with van der Waals surface area (Å²) in [5, 5.41) is 0. The number of halogens is 2. The van der Waals surface area contributed by atoms with Crippen molar-refractivity contribution in [2.24, 2.45) is 0 Å². The van der Waals surface area contributed by atoms with Gasteiger partial charge in [-0.25, -0.2) is 0 Å². The summed E-state index contributed by atoms with van der Waals surface area (Å²) >= 11 is -4.99. The van der Waals surface area contributed by atoms with Crippen LogP contribution in [0.1, 0.15) is 64.7 Å². The number of allylic oxidation sites excluding steroid dienone is 10. The number of hydrogen-bond donors (Lipinski definition) is 0. The number of fused-ring (bicyclic) bond motifs is 2. The molecule has 4 heteroatoms. The molecule has 6 aromatic carbocycles. The van der Waals surface area contributed by atoms with E-state index < -0.39 is 41.9 Å². The maximum absolute atomic E-state index is 2.50. The van der Waals surface area contributed by atoms with Gasteiger partial charge in [0.15, 0.2) is 0 Å². The van der Waals surface area contributed by atoms with Gasteiger partial charge in [-0.05, 0) is 0 Å². The van der Waals surface area contributed by atoms with Crippen LogP contribution < -0.4 is 0 Å². The van der Waals surface area contributed by atoms with Crippen LogP contribution in [-0.2, 0) is 41.9 Å². The van der Waals surface area contributed by atoms with Crippen molar-refractivity contribution in [3.05, 3.63) is 270 Å². The van der Waals surface area contributed by atoms with E-state index in [0.717, 1.165) is 12.8 Å². The molecular formula is C54H46Cl2Hf2. The van der Waals surface area contributed by atoms with Gasteiger partial charge in [-0.1, -0.05) is 0 Å². The Hall–Kier alpha value is -4.18. The Morgan fingerprint density at radius 1 is 0.379 bits per heavy atom. The first-order valence-electron chi connectivity index (χ1n) is 19.8. The zero-order chi connectivity index (χ0) is 37.5. The standard InChI is InChI=1S/2C13H10.2C9H7.2C5H5.2ClH.2Hf/c2*1-3-7-12(8-4-1)11-13-9-5-2-6-10-13;2*1-2-5-9-7-3-6-8(9)4-1;2*1-2-4-5-3-1;;;;/h2*1-10H;2*1-7H;2*1-3H,4H2;2*1H;;. The molecule has 0 spiro atoms. The molecule has 0 radical (unpaired) electrons. The number of hydrogen-bond acceptors (Lipinski definition) is 0. The van der Waals surface area contributed by atoms with E-state index in [2.05, 4.69) is 231 Å². The Kier molecular flexibility index (Phi) is 14.6. The van der Waals surface area contributed by atoms with E-state index in [-0.39, 0.29) is 24.8 Å². The maximum atomic E-state index is 2.50. The average molecular weight is 1120 g/mol. The molecule has 0 saturated carbocycles. The largest absolute Gasteiger partial charge is 0.147 e. The van der Waals surface area contributed by atoms with E-state index >= 15 is 0 Å². The van der Waals surface area contributed by atoms with Crippen molar-refractivity contribution in [1.82, 2.24) is 0 Å². The molecule has 58 heavy (non-hydrogen) atoms. The van der Waals surface area contributed by atoms with Gasteiger partial charge in [-0.2, -0.15) is 0 Å². The summed E-state index contributed by atoms with van der Waals surface area (Å²) in [7, 11) is 0. The van der Waals surface area contributed by atoms with Crippen LogP contribution in [0.25, 0.3) is 12.2 Å². The van der Waals surface area contributed by atoms with Crippen molar-refractivity contribution in [2.45, 2.75) is 20.2 Å². The average Bonchev–Trinajstić information content (AvgIpc) is 4.12. The quantitative estimate of drug-likeness (QED) is 0.133. The van der Waals surface area contributed by atoms with Crippen molar-refractivity contribution >= 4 is 43.5 Å². The molecule has 0 aromatic heterocycles. The summed E-state index contributed by atoms with van der Waals surface area (Å²) in [4.78, 5) is 0. The molecule has 2 unspecified atom stereocenters. The number of benzene rings is 6. The smallest absolute Gasteiger partial charge is 0.147 e. The second kappa shape index (κ2) is 20.2. The molecule has 0 fully saturated rings. The van der Waals surface area contributed by atoms with E-state index in [1.54, 1.807) is 13.2 Å². The van der Waals surface area contributed by atoms with Gasteiger partial charge in [-0.15, -0.1) is 24.8 Å². The minimum atomic E-state index is -2.49. The van der Waals surface area contributed by atoms with Crippen molar-refractivity contribution in [3.8, 4) is 0 Å². The minimum Gasteiger partial charge on any atom is -0.147 e. The molecule has 2 atom stereocenters. The fraction of sp³-hybridized carbons (Fsp3) is 0.0741. The summed E-state index contributed by atoms with van der Waals surface area (Å²) < 4.78 is 7.82. The van der Waals surface area contributed by atoms with E-state index in [0.29, 0.717) is 7.35 Å². The Labute approximate surface area is 371 Å². The van der Waals surface area contributed by atoms with Crippen LogP contribution in [0.2, 0.25) is 0 Å². The van der Waals surface area contributed by atoms with Gasteiger partial charge < -0.3 is 0 Å². The van der Waals surface area contributed by atoms with Crippen molar-refractivity contribution in [1.29, 1.82) is 0 Å². The second-order valence-corrected chi connectivity index (χ2v) is 33.2. The molecule has 4 aliphatic rings. The van der Waals surface area contributed by atoms with Crippen molar-refractivity contribution < 1.29 is 41.9 Å². The Morgan fingerprint density at radius 2 is 0.690 bits per heavy atom. The third-order valence-electron chi connectivity index (χ3n) is 11.2. The maximum Gasteiger partial charge on any atom is -0.147 e. The van der Waals surface area contributed by atoms with Crippen LogP contribution in [0.3, 0.4) is 0 Å². The molecule has 0 heterocycles. The molecule has 4 aliphatic carbocycles. The Morgan fingerprint density at radius 3 is 1.00 bits per heavy atom. The summed E-state index contributed by atoms with van der Waals surface area (Å²) in [6.07, 6.45) is 26.0. The van der Waals surface area contributed by atoms with Crippen LogP contribution in [0.4, 0.5) is 0 Å². The van der Waals surface area contributed by atoms with Crippen LogP contribution >= 0.6 is 24.8 Å². The summed E-state index contributed by atoms with van der Waals surface area (Å²) in [5.41, 5.74) is 11.5. The number of rotatable bonds is 8. The molecule has 10 rings (SSSR count). The normalized spacial score (nSPS) is 16.1. The van der Waals surface area contributed by atoms with Crippen molar-refractivity contribution in [2.75, 3.05) is 0 Å². The Bertz CT molecular complexity index is 2340. The monoisotopic (exact) mass is 1120 g/mol. The molecule has 0 nitrogen and oxygen atoms in total. The topological polar surface area (TPSA) is 0 Å². The zero-order valence-electron chi connectivity index (χ0n) is 32.3. The van der Waals surface area contributed by atoms with E-state index in [9.17, 15) is 0 Å². The van der Waals surface area contributed by atoms with Gasteiger partial charge in [0.1, 0.15) is 0 Å². The van der Waals surface area contributed by atoms with Gasteiger partial charge >= 0.3 is 350 Å². The first-order chi connectivity index (χ1) is 27.8. The third kappa shape index (κ3) is 9.02. The summed E-state index contributed by atoms with van der Waals surface area (Å²) in [6, 6.07) is 62.3. The molecule has 6 aromatic rings. The molecule has 0 aliphatic heterocycles. The van der Waals surface area contributed by atoms with E-state index in [1.807, 2.05) is 0 Å². The molecule has 0 bridgehead atoms. The van der Waals surface area contributed by atoms with Crippen LogP contribution in [0.5, 0.6) is 0 Å². The van der Waals surface area contributed by atoms with E-state index in [4.69, 9.17) is 0 Å². The predicted molar refractivity (Wildman–Crippen MR) is 247 cm³/mol. The van der Waals surface area contributed by atoms with Crippen LogP contribution in [0, 0.1) is 0 Å².